The van der Waals surface area contributed by atoms with E-state index in [4.69, 9.17) is 14.2 Å². The molecule has 1 unspecified atom stereocenters. The average Bonchev–Trinajstić information content (AvgIpc) is 2.98. The zero-order chi connectivity index (χ0) is 28.2. The van der Waals surface area contributed by atoms with Gasteiger partial charge in [-0.2, -0.15) is 0 Å². The normalized spacial score (nSPS) is 11.3. The number of hydrogen-bond acceptors (Lipinski definition) is 6. The van der Waals surface area contributed by atoms with E-state index in [-0.39, 0.29) is 31.2 Å². The van der Waals surface area contributed by atoms with Gasteiger partial charge in [-0.25, -0.2) is 0 Å². The molecule has 0 fully saturated rings. The Morgan fingerprint density at radius 1 is 0.700 bits per heavy atom. The van der Waals surface area contributed by atoms with Crippen LogP contribution in [0.15, 0.2) is 109 Å². The van der Waals surface area contributed by atoms with Crippen molar-refractivity contribution in [3.63, 3.8) is 0 Å². The first kappa shape index (κ1) is 28.3. The molecule has 1 amide bonds. The molecular weight excluding hydrogens is 506 g/mol. The quantitative estimate of drug-likeness (QED) is 0.211. The summed E-state index contributed by atoms with van der Waals surface area (Å²) >= 11 is 0. The molecule has 40 heavy (non-hydrogen) atoms. The van der Waals surface area contributed by atoms with E-state index >= 15 is 0 Å². The molecule has 0 heterocycles. The van der Waals surface area contributed by atoms with Crippen LogP contribution in [0.5, 0.6) is 17.2 Å². The Morgan fingerprint density at radius 2 is 1.30 bits per heavy atom. The van der Waals surface area contributed by atoms with Crippen LogP contribution in [0.2, 0.25) is 0 Å². The Morgan fingerprint density at radius 3 is 1.95 bits per heavy atom. The number of ether oxygens (including phenoxy) is 3. The fourth-order valence-corrected chi connectivity index (χ4v) is 3.88. The SMILES string of the molecule is CC(=O)c1ccc(OCC(=O)NC(COCc2ccccc2)C(=O)Cc2ccc(Oc3ccccc3)cc2)cc1. The van der Waals surface area contributed by atoms with Gasteiger partial charge in [-0.05, 0) is 66.6 Å². The number of nitrogens with one attached hydrogen (secondary N) is 1. The molecule has 1 N–H and O–H groups in total. The number of hydrogen-bond donors (Lipinski definition) is 1. The number of ketones is 2. The third kappa shape index (κ3) is 8.92. The maximum atomic E-state index is 13.2. The third-order valence-corrected chi connectivity index (χ3v) is 6.03. The lowest BCUT2D eigenvalue weighted by Gasteiger charge is -2.18. The summed E-state index contributed by atoms with van der Waals surface area (Å²) in [5.74, 6) is 1.13. The van der Waals surface area contributed by atoms with E-state index in [9.17, 15) is 14.4 Å². The number of benzene rings is 4. The van der Waals surface area contributed by atoms with E-state index in [1.54, 1.807) is 36.4 Å². The van der Waals surface area contributed by atoms with E-state index < -0.39 is 11.9 Å². The van der Waals surface area contributed by atoms with Gasteiger partial charge in [-0.3, -0.25) is 14.4 Å². The van der Waals surface area contributed by atoms with Gasteiger partial charge in [0.2, 0.25) is 0 Å². The standard InChI is InChI=1S/C33H31NO6/c1-24(35)27-14-18-28(19-15-27)39-23-33(37)34-31(22-38-21-26-8-4-2-5-9-26)32(36)20-25-12-16-30(17-13-25)40-29-10-6-3-7-11-29/h2-19,31H,20-23H2,1H3,(H,34,37). The van der Waals surface area contributed by atoms with Crippen LogP contribution in [0.1, 0.15) is 28.4 Å². The van der Waals surface area contributed by atoms with Gasteiger partial charge in [0.05, 0.1) is 13.2 Å². The molecule has 0 aromatic heterocycles. The van der Waals surface area contributed by atoms with Gasteiger partial charge in [0.25, 0.3) is 5.91 Å². The molecule has 4 aromatic rings. The molecule has 0 aliphatic heterocycles. The summed E-state index contributed by atoms with van der Waals surface area (Å²) in [5, 5.41) is 2.75. The van der Waals surface area contributed by atoms with E-state index in [0.29, 0.717) is 23.7 Å². The maximum Gasteiger partial charge on any atom is 0.258 e. The highest BCUT2D eigenvalue weighted by molar-refractivity contribution is 5.94. The fourth-order valence-electron chi connectivity index (χ4n) is 3.88. The predicted octanol–water partition coefficient (Wildman–Crippen LogP) is 5.57. The first-order valence-electron chi connectivity index (χ1n) is 13.0. The molecule has 0 radical (unpaired) electrons. The summed E-state index contributed by atoms with van der Waals surface area (Å²) in [6.07, 6.45) is 0.110. The van der Waals surface area contributed by atoms with Crippen LogP contribution in [0, 0.1) is 0 Å². The van der Waals surface area contributed by atoms with Crippen molar-refractivity contribution < 1.29 is 28.6 Å². The molecule has 0 spiro atoms. The van der Waals surface area contributed by atoms with Crippen LogP contribution in [0.4, 0.5) is 0 Å². The lowest BCUT2D eigenvalue weighted by Crippen LogP contribution is -2.46. The van der Waals surface area contributed by atoms with Gasteiger partial charge in [-0.15, -0.1) is 0 Å². The summed E-state index contributed by atoms with van der Waals surface area (Å²) in [4.78, 5) is 37.4. The van der Waals surface area contributed by atoms with Crippen molar-refractivity contribution in [2.45, 2.75) is 26.0 Å². The van der Waals surface area contributed by atoms with Crippen molar-refractivity contribution in [2.75, 3.05) is 13.2 Å². The zero-order valence-corrected chi connectivity index (χ0v) is 22.2. The molecular formula is C33H31NO6. The molecule has 4 aromatic carbocycles. The van der Waals surface area contributed by atoms with Crippen molar-refractivity contribution in [3.05, 3.63) is 126 Å². The highest BCUT2D eigenvalue weighted by Crippen LogP contribution is 2.21. The number of carbonyl (C=O) groups excluding carboxylic acids is 3. The largest absolute Gasteiger partial charge is 0.484 e. The summed E-state index contributed by atoms with van der Waals surface area (Å²) in [7, 11) is 0. The Labute approximate surface area is 233 Å². The minimum atomic E-state index is -0.861. The number of rotatable bonds is 14. The topological polar surface area (TPSA) is 90.9 Å². The molecule has 7 nitrogen and oxygen atoms in total. The molecule has 0 saturated carbocycles. The monoisotopic (exact) mass is 537 g/mol. The van der Waals surface area contributed by atoms with Gasteiger partial charge in [0, 0.05) is 12.0 Å². The van der Waals surface area contributed by atoms with Gasteiger partial charge in [-0.1, -0.05) is 60.7 Å². The van der Waals surface area contributed by atoms with Crippen molar-refractivity contribution in [1.82, 2.24) is 5.32 Å². The number of amides is 1. The van der Waals surface area contributed by atoms with Gasteiger partial charge in [0.15, 0.2) is 18.2 Å². The zero-order valence-electron chi connectivity index (χ0n) is 22.2. The first-order chi connectivity index (χ1) is 19.5. The van der Waals surface area contributed by atoms with Gasteiger partial charge >= 0.3 is 0 Å². The maximum absolute atomic E-state index is 13.2. The number of Topliss-reactive ketones (excluding diaryl/α,β-unsaturated/α-hetero) is 2. The molecule has 0 saturated heterocycles. The second-order valence-corrected chi connectivity index (χ2v) is 9.19. The number of para-hydroxylation sites is 1. The molecule has 0 aliphatic rings. The molecule has 0 aliphatic carbocycles. The molecule has 204 valence electrons. The third-order valence-electron chi connectivity index (χ3n) is 6.03. The van der Waals surface area contributed by atoms with Crippen LogP contribution in [-0.4, -0.2) is 36.7 Å². The Balaban J connectivity index is 1.35. The van der Waals surface area contributed by atoms with Crippen LogP contribution in [0.3, 0.4) is 0 Å². The molecule has 4 rings (SSSR count). The Bertz CT molecular complexity index is 1390. The van der Waals surface area contributed by atoms with Crippen LogP contribution >= 0.6 is 0 Å². The lowest BCUT2D eigenvalue weighted by molar-refractivity contribution is -0.130. The summed E-state index contributed by atoms with van der Waals surface area (Å²) < 4.78 is 17.2. The van der Waals surface area contributed by atoms with Gasteiger partial charge < -0.3 is 19.5 Å². The second kappa shape index (κ2) is 14.4. The molecule has 0 bridgehead atoms. The highest BCUT2D eigenvalue weighted by atomic mass is 16.5. The number of carbonyl (C=O) groups is 3. The van der Waals surface area contributed by atoms with E-state index in [1.807, 2.05) is 72.8 Å². The summed E-state index contributed by atoms with van der Waals surface area (Å²) in [6, 6.07) is 32.0. The minimum Gasteiger partial charge on any atom is -0.484 e. The first-order valence-corrected chi connectivity index (χ1v) is 13.0. The Kier molecular flexibility index (Phi) is 10.2. The van der Waals surface area contributed by atoms with Crippen molar-refractivity contribution in [1.29, 1.82) is 0 Å². The van der Waals surface area contributed by atoms with Crippen molar-refractivity contribution >= 4 is 17.5 Å². The van der Waals surface area contributed by atoms with E-state index in [2.05, 4.69) is 5.32 Å². The Hall–Kier alpha value is -4.75. The van der Waals surface area contributed by atoms with E-state index in [1.165, 1.54) is 6.92 Å². The van der Waals surface area contributed by atoms with Gasteiger partial charge in [0.1, 0.15) is 23.3 Å². The molecule has 1 atom stereocenters. The van der Waals surface area contributed by atoms with Crippen LogP contribution in [0.25, 0.3) is 0 Å². The smallest absolute Gasteiger partial charge is 0.258 e. The fraction of sp³-hybridized carbons (Fsp3) is 0.182. The highest BCUT2D eigenvalue weighted by Gasteiger charge is 2.22. The van der Waals surface area contributed by atoms with Crippen molar-refractivity contribution in [3.8, 4) is 17.2 Å². The van der Waals surface area contributed by atoms with Crippen molar-refractivity contribution in [2.24, 2.45) is 0 Å². The average molecular weight is 538 g/mol. The lowest BCUT2D eigenvalue weighted by atomic mass is 10.0. The predicted molar refractivity (Wildman–Crippen MR) is 152 cm³/mol. The van der Waals surface area contributed by atoms with E-state index in [0.717, 1.165) is 16.9 Å². The van der Waals surface area contributed by atoms with Crippen LogP contribution in [-0.2, 0) is 27.4 Å². The summed E-state index contributed by atoms with van der Waals surface area (Å²) in [6.45, 7) is 1.52. The minimum absolute atomic E-state index is 0.0159. The van der Waals surface area contributed by atoms with Crippen LogP contribution < -0.4 is 14.8 Å². The molecule has 7 heteroatoms. The summed E-state index contributed by atoms with van der Waals surface area (Å²) in [5.41, 5.74) is 2.30. The second-order valence-electron chi connectivity index (χ2n) is 9.19.